The average molecular weight is 334 g/mol. The minimum absolute atomic E-state index is 0.161. The summed E-state index contributed by atoms with van der Waals surface area (Å²) in [6, 6.07) is 9.99. The molecule has 1 aromatic carbocycles. The van der Waals surface area contributed by atoms with Crippen LogP contribution < -0.4 is 0 Å². The molecule has 1 heterocycles. The minimum Gasteiger partial charge on any atom is -0.465 e. The standard InChI is InChI=1S/C19H26O5/c1-2-22-17(20)18(15-21-14-16-6-4-3-5-7-16)8-10-19(11-9-18)23-12-13-24-19/h3-7H,2,8-15H2,1H3. The maximum absolute atomic E-state index is 12.6. The van der Waals surface area contributed by atoms with E-state index in [-0.39, 0.29) is 5.97 Å². The van der Waals surface area contributed by atoms with Gasteiger partial charge in [0.15, 0.2) is 5.79 Å². The minimum atomic E-state index is -0.592. The first kappa shape index (κ1) is 17.4. The second-order valence-electron chi connectivity index (χ2n) is 6.59. The summed E-state index contributed by atoms with van der Waals surface area (Å²) in [6.07, 6.45) is 2.75. The van der Waals surface area contributed by atoms with Crippen LogP contribution in [-0.2, 0) is 30.3 Å². The van der Waals surface area contributed by atoms with Crippen molar-refractivity contribution in [3.63, 3.8) is 0 Å². The molecule has 5 nitrogen and oxygen atoms in total. The number of esters is 1. The van der Waals surface area contributed by atoms with Crippen LogP contribution in [0.5, 0.6) is 0 Å². The maximum atomic E-state index is 12.6. The largest absolute Gasteiger partial charge is 0.465 e. The van der Waals surface area contributed by atoms with E-state index in [2.05, 4.69) is 0 Å². The van der Waals surface area contributed by atoms with Crippen molar-refractivity contribution in [1.29, 1.82) is 0 Å². The molecule has 24 heavy (non-hydrogen) atoms. The fourth-order valence-corrected chi connectivity index (χ4v) is 3.53. The molecule has 0 bridgehead atoms. The molecule has 0 aromatic heterocycles. The summed E-state index contributed by atoms with van der Waals surface area (Å²) in [5.41, 5.74) is 0.511. The van der Waals surface area contributed by atoms with E-state index in [9.17, 15) is 4.79 Å². The van der Waals surface area contributed by atoms with Gasteiger partial charge in [-0.1, -0.05) is 30.3 Å². The highest BCUT2D eigenvalue weighted by Crippen LogP contribution is 2.45. The number of hydrogen-bond acceptors (Lipinski definition) is 5. The van der Waals surface area contributed by atoms with Crippen molar-refractivity contribution >= 4 is 5.97 Å². The van der Waals surface area contributed by atoms with Gasteiger partial charge >= 0.3 is 5.97 Å². The van der Waals surface area contributed by atoms with Crippen LogP contribution in [0.25, 0.3) is 0 Å². The molecule has 1 aromatic rings. The van der Waals surface area contributed by atoms with Crippen molar-refractivity contribution in [1.82, 2.24) is 0 Å². The zero-order valence-corrected chi connectivity index (χ0v) is 14.3. The first-order chi connectivity index (χ1) is 11.7. The normalized spacial score (nSPS) is 21.7. The molecule has 132 valence electrons. The third-order valence-electron chi connectivity index (χ3n) is 4.98. The molecule has 1 spiro atoms. The Labute approximate surface area is 143 Å². The van der Waals surface area contributed by atoms with Gasteiger partial charge in [0.05, 0.1) is 38.4 Å². The highest BCUT2D eigenvalue weighted by molar-refractivity contribution is 5.77. The molecule has 0 radical (unpaired) electrons. The number of benzene rings is 1. The Bertz CT molecular complexity index is 526. The monoisotopic (exact) mass is 334 g/mol. The van der Waals surface area contributed by atoms with Gasteiger partial charge in [-0.2, -0.15) is 0 Å². The summed E-state index contributed by atoms with van der Waals surface area (Å²) in [6.45, 7) is 4.37. The zero-order valence-electron chi connectivity index (χ0n) is 14.3. The molecule has 0 unspecified atom stereocenters. The van der Waals surface area contributed by atoms with Gasteiger partial charge in [0, 0.05) is 12.8 Å². The molecule has 1 aliphatic carbocycles. The second kappa shape index (κ2) is 7.64. The smallest absolute Gasteiger partial charge is 0.314 e. The Morgan fingerprint density at radius 1 is 1.08 bits per heavy atom. The first-order valence-electron chi connectivity index (χ1n) is 8.75. The Balaban J connectivity index is 1.62. The average Bonchev–Trinajstić information content (AvgIpc) is 3.07. The summed E-state index contributed by atoms with van der Waals surface area (Å²) in [7, 11) is 0. The lowest BCUT2D eigenvalue weighted by Gasteiger charge is -2.41. The van der Waals surface area contributed by atoms with Crippen molar-refractivity contribution < 1.29 is 23.7 Å². The molecule has 2 aliphatic rings. The number of ether oxygens (including phenoxy) is 4. The van der Waals surface area contributed by atoms with Crippen molar-refractivity contribution in [3.05, 3.63) is 35.9 Å². The van der Waals surface area contributed by atoms with Crippen molar-refractivity contribution in [2.45, 2.75) is 45.0 Å². The summed E-state index contributed by atoms with van der Waals surface area (Å²) in [5.74, 6) is -0.652. The predicted molar refractivity (Wildman–Crippen MR) is 88.3 cm³/mol. The number of carbonyl (C=O) groups is 1. The van der Waals surface area contributed by atoms with Gasteiger partial charge in [-0.25, -0.2) is 0 Å². The van der Waals surface area contributed by atoms with Crippen LogP contribution in [-0.4, -0.2) is 38.2 Å². The number of rotatable bonds is 6. The molecule has 2 fully saturated rings. The van der Waals surface area contributed by atoms with Gasteiger partial charge in [-0.3, -0.25) is 4.79 Å². The Morgan fingerprint density at radius 2 is 1.75 bits per heavy atom. The van der Waals surface area contributed by atoms with Gasteiger partial charge in [-0.15, -0.1) is 0 Å². The first-order valence-corrected chi connectivity index (χ1v) is 8.75. The molecule has 0 amide bonds. The van der Waals surface area contributed by atoms with Gasteiger partial charge < -0.3 is 18.9 Å². The summed E-state index contributed by atoms with van der Waals surface area (Å²) < 4.78 is 22.8. The van der Waals surface area contributed by atoms with Crippen LogP contribution in [0.2, 0.25) is 0 Å². The summed E-state index contributed by atoms with van der Waals surface area (Å²) in [4.78, 5) is 12.6. The molecule has 1 saturated heterocycles. The quantitative estimate of drug-likeness (QED) is 0.748. The molecule has 5 heteroatoms. The van der Waals surface area contributed by atoms with E-state index in [0.29, 0.717) is 58.7 Å². The van der Waals surface area contributed by atoms with Crippen molar-refractivity contribution in [2.24, 2.45) is 5.41 Å². The third kappa shape index (κ3) is 3.79. The fourth-order valence-electron chi connectivity index (χ4n) is 3.53. The Morgan fingerprint density at radius 3 is 2.38 bits per heavy atom. The van der Waals surface area contributed by atoms with Crippen LogP contribution in [0.15, 0.2) is 30.3 Å². The topological polar surface area (TPSA) is 54.0 Å². The van der Waals surface area contributed by atoms with Crippen molar-refractivity contribution in [2.75, 3.05) is 26.4 Å². The molecule has 1 aliphatic heterocycles. The van der Waals surface area contributed by atoms with E-state index in [0.717, 1.165) is 5.56 Å². The van der Waals surface area contributed by atoms with Crippen LogP contribution in [0.3, 0.4) is 0 Å². The van der Waals surface area contributed by atoms with E-state index >= 15 is 0 Å². The summed E-state index contributed by atoms with van der Waals surface area (Å²) >= 11 is 0. The zero-order chi connectivity index (χ0) is 16.9. The van der Waals surface area contributed by atoms with Gasteiger partial charge in [-0.05, 0) is 25.3 Å². The van der Waals surface area contributed by atoms with E-state index in [1.165, 1.54) is 0 Å². The second-order valence-corrected chi connectivity index (χ2v) is 6.59. The van der Waals surface area contributed by atoms with E-state index in [1.807, 2.05) is 37.3 Å². The highest BCUT2D eigenvalue weighted by Gasteiger charge is 2.50. The number of hydrogen-bond donors (Lipinski definition) is 0. The lowest BCUT2D eigenvalue weighted by atomic mass is 9.72. The van der Waals surface area contributed by atoms with E-state index in [1.54, 1.807) is 0 Å². The Kier molecular flexibility index (Phi) is 5.54. The van der Waals surface area contributed by atoms with E-state index in [4.69, 9.17) is 18.9 Å². The van der Waals surface area contributed by atoms with E-state index < -0.39 is 11.2 Å². The molecule has 3 rings (SSSR count). The fraction of sp³-hybridized carbons (Fsp3) is 0.632. The van der Waals surface area contributed by atoms with Crippen LogP contribution in [0.1, 0.15) is 38.2 Å². The lowest BCUT2D eigenvalue weighted by molar-refractivity contribution is -0.204. The maximum Gasteiger partial charge on any atom is 0.314 e. The van der Waals surface area contributed by atoms with Gasteiger partial charge in [0.2, 0.25) is 0 Å². The Hall–Kier alpha value is -1.43. The lowest BCUT2D eigenvalue weighted by Crippen LogP contribution is -2.46. The third-order valence-corrected chi connectivity index (χ3v) is 4.98. The SMILES string of the molecule is CCOC(=O)C1(COCc2ccccc2)CCC2(CC1)OCCO2. The van der Waals surface area contributed by atoms with Crippen LogP contribution in [0, 0.1) is 5.41 Å². The highest BCUT2D eigenvalue weighted by atomic mass is 16.7. The predicted octanol–water partition coefficient (Wildman–Crippen LogP) is 3.07. The molecular weight excluding hydrogens is 308 g/mol. The van der Waals surface area contributed by atoms with Gasteiger partial charge in [0.1, 0.15) is 0 Å². The molecular formula is C19H26O5. The van der Waals surface area contributed by atoms with Crippen LogP contribution in [0.4, 0.5) is 0 Å². The summed E-state index contributed by atoms with van der Waals surface area (Å²) in [5, 5.41) is 0. The van der Waals surface area contributed by atoms with Crippen molar-refractivity contribution in [3.8, 4) is 0 Å². The molecule has 1 saturated carbocycles. The molecule has 0 atom stereocenters. The van der Waals surface area contributed by atoms with Gasteiger partial charge in [0.25, 0.3) is 0 Å². The number of carbonyl (C=O) groups excluding carboxylic acids is 1. The van der Waals surface area contributed by atoms with Crippen LogP contribution >= 0.6 is 0 Å². The molecule has 0 N–H and O–H groups in total.